The fraction of sp³-hybridized carbons (Fsp3) is 0.310. The first-order chi connectivity index (χ1) is 19.1. The van der Waals surface area contributed by atoms with Gasteiger partial charge in [-0.2, -0.15) is 0 Å². The fourth-order valence-corrected chi connectivity index (χ4v) is 6.07. The van der Waals surface area contributed by atoms with Crippen molar-refractivity contribution in [3.05, 3.63) is 88.4 Å². The SMILES string of the molecule is CCCNC(=O)C(CC)N(Cc1cccc(OC)c1)C(=O)CN(c1cccc(Cl)c1Cl)S(=O)(=O)c1ccccc1. The molecule has 8 nitrogen and oxygen atoms in total. The van der Waals surface area contributed by atoms with E-state index < -0.39 is 28.5 Å². The van der Waals surface area contributed by atoms with Crippen LogP contribution >= 0.6 is 23.2 Å². The maximum absolute atomic E-state index is 14.1. The van der Waals surface area contributed by atoms with Gasteiger partial charge in [0.1, 0.15) is 18.3 Å². The van der Waals surface area contributed by atoms with E-state index in [0.717, 1.165) is 10.7 Å². The summed E-state index contributed by atoms with van der Waals surface area (Å²) in [6.45, 7) is 3.62. The van der Waals surface area contributed by atoms with Gasteiger partial charge < -0.3 is 15.0 Å². The lowest BCUT2D eigenvalue weighted by molar-refractivity contribution is -0.140. The molecule has 0 aliphatic rings. The molecule has 1 unspecified atom stereocenters. The number of anilines is 1. The Labute approximate surface area is 245 Å². The number of amides is 2. The predicted octanol–water partition coefficient (Wildman–Crippen LogP) is 5.53. The average molecular weight is 607 g/mol. The first kappa shape index (κ1) is 31.3. The molecule has 0 fully saturated rings. The van der Waals surface area contributed by atoms with Crippen LogP contribution in [0.2, 0.25) is 10.0 Å². The largest absolute Gasteiger partial charge is 0.497 e. The average Bonchev–Trinajstić information content (AvgIpc) is 2.96. The third kappa shape index (κ3) is 7.47. The Hall–Kier alpha value is -3.27. The van der Waals surface area contributed by atoms with E-state index in [9.17, 15) is 18.0 Å². The summed E-state index contributed by atoms with van der Waals surface area (Å²) in [5.74, 6) is -0.317. The van der Waals surface area contributed by atoms with Gasteiger partial charge in [0.15, 0.2) is 0 Å². The summed E-state index contributed by atoms with van der Waals surface area (Å²) in [6.07, 6.45) is 1.04. The van der Waals surface area contributed by atoms with Crippen LogP contribution in [0.25, 0.3) is 0 Å². The number of sulfonamides is 1. The quantitative estimate of drug-likeness (QED) is 0.276. The number of ether oxygens (including phenoxy) is 1. The Morgan fingerprint density at radius 1 is 0.975 bits per heavy atom. The molecule has 214 valence electrons. The number of benzene rings is 3. The molecule has 0 bridgehead atoms. The molecule has 1 N–H and O–H groups in total. The van der Waals surface area contributed by atoms with Gasteiger partial charge in [0.25, 0.3) is 10.0 Å². The van der Waals surface area contributed by atoms with E-state index in [-0.39, 0.29) is 33.1 Å². The lowest BCUT2D eigenvalue weighted by Gasteiger charge is -2.33. The molecule has 11 heteroatoms. The summed E-state index contributed by atoms with van der Waals surface area (Å²) in [4.78, 5) is 28.6. The first-order valence-electron chi connectivity index (χ1n) is 12.9. The zero-order valence-corrected chi connectivity index (χ0v) is 25.0. The summed E-state index contributed by atoms with van der Waals surface area (Å²) in [5, 5.41) is 2.98. The van der Waals surface area contributed by atoms with Crippen LogP contribution in [0.3, 0.4) is 0 Å². The number of rotatable bonds is 13. The van der Waals surface area contributed by atoms with Crippen LogP contribution in [-0.4, -0.2) is 51.4 Å². The number of carbonyl (C=O) groups is 2. The number of methoxy groups -OCH3 is 1. The number of nitrogens with zero attached hydrogens (tertiary/aromatic N) is 2. The van der Waals surface area contributed by atoms with Crippen LogP contribution in [0, 0.1) is 0 Å². The molecule has 3 aromatic carbocycles. The van der Waals surface area contributed by atoms with E-state index in [2.05, 4.69) is 5.32 Å². The van der Waals surface area contributed by atoms with Crippen LogP contribution in [-0.2, 0) is 26.2 Å². The van der Waals surface area contributed by atoms with Gasteiger partial charge in [-0.15, -0.1) is 0 Å². The number of halogens is 2. The van der Waals surface area contributed by atoms with Crippen molar-refractivity contribution in [2.24, 2.45) is 0 Å². The smallest absolute Gasteiger partial charge is 0.264 e. The third-order valence-electron chi connectivity index (χ3n) is 6.23. The molecule has 0 spiro atoms. The second-order valence-electron chi connectivity index (χ2n) is 8.99. The highest BCUT2D eigenvalue weighted by molar-refractivity contribution is 7.92. The zero-order chi connectivity index (χ0) is 29.3. The van der Waals surface area contributed by atoms with Crippen molar-refractivity contribution in [2.45, 2.75) is 44.2 Å². The van der Waals surface area contributed by atoms with Crippen LogP contribution < -0.4 is 14.4 Å². The number of nitrogens with one attached hydrogen (secondary N) is 1. The van der Waals surface area contributed by atoms with E-state index >= 15 is 0 Å². The van der Waals surface area contributed by atoms with E-state index in [4.69, 9.17) is 27.9 Å². The number of hydrogen-bond acceptors (Lipinski definition) is 5. The minimum absolute atomic E-state index is 0.0106. The standard InChI is InChI=1S/C29H33Cl2N3O5S/c1-4-17-32-29(36)25(5-2)33(19-21-11-9-12-22(18-21)39-3)27(35)20-34(26-16-10-15-24(30)28(26)31)40(37,38)23-13-7-6-8-14-23/h6-16,18,25H,4-5,17,19-20H2,1-3H3,(H,32,36). The lowest BCUT2D eigenvalue weighted by atomic mass is 10.1. The topological polar surface area (TPSA) is 96.0 Å². The number of hydrogen-bond donors (Lipinski definition) is 1. The van der Waals surface area contributed by atoms with E-state index in [1.54, 1.807) is 49.4 Å². The van der Waals surface area contributed by atoms with Gasteiger partial charge in [-0.25, -0.2) is 8.42 Å². The van der Waals surface area contributed by atoms with Crippen molar-refractivity contribution in [3.63, 3.8) is 0 Å². The zero-order valence-electron chi connectivity index (χ0n) is 22.6. The van der Waals surface area contributed by atoms with Crippen molar-refractivity contribution in [2.75, 3.05) is 24.5 Å². The molecule has 2 amide bonds. The van der Waals surface area contributed by atoms with Gasteiger partial charge in [-0.1, -0.05) is 73.4 Å². The van der Waals surface area contributed by atoms with Crippen molar-refractivity contribution in [1.29, 1.82) is 0 Å². The summed E-state index contributed by atoms with van der Waals surface area (Å²) in [6, 6.07) is 18.6. The van der Waals surface area contributed by atoms with Gasteiger partial charge in [0.2, 0.25) is 11.8 Å². The molecule has 1 atom stereocenters. The molecular weight excluding hydrogens is 573 g/mol. The molecule has 0 radical (unpaired) electrons. The lowest BCUT2D eigenvalue weighted by Crippen LogP contribution is -2.52. The molecule has 0 saturated carbocycles. The van der Waals surface area contributed by atoms with Crippen molar-refractivity contribution < 1.29 is 22.7 Å². The van der Waals surface area contributed by atoms with Crippen molar-refractivity contribution >= 4 is 50.7 Å². The molecule has 0 aliphatic carbocycles. The summed E-state index contributed by atoms with van der Waals surface area (Å²) >= 11 is 12.7. The van der Waals surface area contributed by atoms with Crippen molar-refractivity contribution in [1.82, 2.24) is 10.2 Å². The van der Waals surface area contributed by atoms with Crippen molar-refractivity contribution in [3.8, 4) is 5.75 Å². The van der Waals surface area contributed by atoms with Crippen LogP contribution in [0.15, 0.2) is 77.7 Å². The van der Waals surface area contributed by atoms with Gasteiger partial charge in [0.05, 0.1) is 27.7 Å². The molecule has 3 rings (SSSR count). The second-order valence-corrected chi connectivity index (χ2v) is 11.6. The molecule has 0 aromatic heterocycles. The van der Waals surface area contributed by atoms with E-state index in [1.807, 2.05) is 13.0 Å². The molecule has 40 heavy (non-hydrogen) atoms. The van der Waals surface area contributed by atoms with Gasteiger partial charge in [0, 0.05) is 13.1 Å². The molecule has 3 aromatic rings. The fourth-order valence-electron chi connectivity index (χ4n) is 4.17. The minimum Gasteiger partial charge on any atom is -0.497 e. The predicted molar refractivity (Wildman–Crippen MR) is 158 cm³/mol. The maximum atomic E-state index is 14.1. The van der Waals surface area contributed by atoms with E-state index in [0.29, 0.717) is 24.3 Å². The van der Waals surface area contributed by atoms with Crippen LogP contribution in [0.4, 0.5) is 5.69 Å². The molecule has 0 aliphatic heterocycles. The number of carbonyl (C=O) groups excluding carboxylic acids is 2. The Bertz CT molecular complexity index is 1420. The summed E-state index contributed by atoms with van der Waals surface area (Å²) in [5.41, 5.74) is 0.767. The van der Waals surface area contributed by atoms with E-state index in [1.165, 1.54) is 36.3 Å². The summed E-state index contributed by atoms with van der Waals surface area (Å²) < 4.78 is 34.0. The normalized spacial score (nSPS) is 11.9. The second kappa shape index (κ2) is 14.4. The van der Waals surface area contributed by atoms with Gasteiger partial charge in [-0.05, 0) is 54.8 Å². The minimum atomic E-state index is -4.25. The Morgan fingerprint density at radius 3 is 2.33 bits per heavy atom. The maximum Gasteiger partial charge on any atom is 0.264 e. The molecule has 0 heterocycles. The van der Waals surface area contributed by atoms with Crippen LogP contribution in [0.1, 0.15) is 32.3 Å². The van der Waals surface area contributed by atoms with Gasteiger partial charge >= 0.3 is 0 Å². The monoisotopic (exact) mass is 605 g/mol. The first-order valence-corrected chi connectivity index (χ1v) is 15.1. The highest BCUT2D eigenvalue weighted by Crippen LogP contribution is 2.35. The molecular formula is C29H33Cl2N3O5S. The summed E-state index contributed by atoms with van der Waals surface area (Å²) in [7, 11) is -2.71. The van der Waals surface area contributed by atoms with Crippen LogP contribution in [0.5, 0.6) is 5.75 Å². The van der Waals surface area contributed by atoms with Gasteiger partial charge in [-0.3, -0.25) is 13.9 Å². The highest BCUT2D eigenvalue weighted by atomic mass is 35.5. The third-order valence-corrected chi connectivity index (χ3v) is 8.82. The Morgan fingerprint density at radius 2 is 1.68 bits per heavy atom. The molecule has 0 saturated heterocycles. The highest BCUT2D eigenvalue weighted by Gasteiger charge is 2.34. The Kier molecular flexibility index (Phi) is 11.2. The Balaban J connectivity index is 2.09.